The summed E-state index contributed by atoms with van der Waals surface area (Å²) in [6, 6.07) is 12.3. The molecule has 1 unspecified atom stereocenters. The number of nitrogens with zero attached hydrogens (tertiary/aromatic N) is 2. The molecule has 0 saturated heterocycles. The predicted octanol–water partition coefficient (Wildman–Crippen LogP) is 4.49. The number of nitrogens with one attached hydrogen (secondary N) is 1. The average Bonchev–Trinajstić information content (AvgIpc) is 2.62. The summed E-state index contributed by atoms with van der Waals surface area (Å²) < 4.78 is 5.21. The molecule has 2 rings (SSSR count). The van der Waals surface area contributed by atoms with Gasteiger partial charge in [-0.3, -0.25) is 4.98 Å². The quantitative estimate of drug-likeness (QED) is 0.583. The van der Waals surface area contributed by atoms with E-state index in [0.717, 1.165) is 24.3 Å². The number of benzene rings is 1. The van der Waals surface area contributed by atoms with E-state index >= 15 is 0 Å². The molecule has 0 saturated carbocycles. The lowest BCUT2D eigenvalue weighted by Gasteiger charge is -2.32. The van der Waals surface area contributed by atoms with Crippen molar-refractivity contribution < 1.29 is 4.74 Å². The summed E-state index contributed by atoms with van der Waals surface area (Å²) in [4.78, 5) is 6.68. The van der Waals surface area contributed by atoms with E-state index in [9.17, 15) is 0 Å². The molecule has 0 aliphatic rings. The largest absolute Gasteiger partial charge is 0.385 e. The highest BCUT2D eigenvalue weighted by molar-refractivity contribution is 7.80. The second-order valence-electron chi connectivity index (χ2n) is 6.17. The Morgan fingerprint density at radius 2 is 1.92 bits per heavy atom. The predicted molar refractivity (Wildman–Crippen MR) is 108 cm³/mol. The van der Waals surface area contributed by atoms with Gasteiger partial charge in [-0.25, -0.2) is 0 Å². The topological polar surface area (TPSA) is 37.4 Å². The number of pyridine rings is 1. The summed E-state index contributed by atoms with van der Waals surface area (Å²) in [5.41, 5.74) is 4.46. The van der Waals surface area contributed by atoms with Crippen molar-refractivity contribution in [2.45, 2.75) is 33.2 Å². The van der Waals surface area contributed by atoms with Crippen LogP contribution in [0.2, 0.25) is 0 Å². The van der Waals surface area contributed by atoms with Crippen molar-refractivity contribution in [3.05, 3.63) is 59.4 Å². The molecular weight excluding hydrogens is 330 g/mol. The summed E-state index contributed by atoms with van der Waals surface area (Å²) in [7, 11) is 1.72. The van der Waals surface area contributed by atoms with E-state index in [1.54, 1.807) is 7.11 Å². The zero-order valence-corrected chi connectivity index (χ0v) is 16.3. The van der Waals surface area contributed by atoms with Crippen molar-refractivity contribution in [3.8, 4) is 0 Å². The first-order valence-corrected chi connectivity index (χ1v) is 8.99. The number of ether oxygens (including phenoxy) is 1. The van der Waals surface area contributed by atoms with E-state index in [1.807, 2.05) is 24.4 Å². The van der Waals surface area contributed by atoms with Crippen molar-refractivity contribution in [1.29, 1.82) is 0 Å². The molecule has 2 aromatic rings. The zero-order valence-electron chi connectivity index (χ0n) is 15.5. The number of methoxy groups -OCH3 is 1. The zero-order chi connectivity index (χ0) is 18.2. The summed E-state index contributed by atoms with van der Waals surface area (Å²) in [6.45, 7) is 7.83. The molecule has 4 nitrogen and oxygen atoms in total. The fraction of sp³-hybridized carbons (Fsp3) is 0.400. The second kappa shape index (κ2) is 9.49. The summed E-state index contributed by atoms with van der Waals surface area (Å²) in [5, 5.41) is 4.16. The first-order chi connectivity index (χ1) is 12.0. The number of anilines is 1. The Morgan fingerprint density at radius 1 is 1.20 bits per heavy atom. The molecule has 0 aliphatic heterocycles. The first-order valence-electron chi connectivity index (χ1n) is 8.58. The Morgan fingerprint density at radius 3 is 2.52 bits per heavy atom. The van der Waals surface area contributed by atoms with Gasteiger partial charge in [0, 0.05) is 32.1 Å². The lowest BCUT2D eigenvalue weighted by atomic mass is 10.1. The maximum atomic E-state index is 5.75. The van der Waals surface area contributed by atoms with Gasteiger partial charge in [-0.1, -0.05) is 24.3 Å². The number of hydrogen-bond acceptors (Lipinski definition) is 3. The standard InChI is InChI=1S/C20H27N3OS/c1-15-9-7-10-16(2)19(15)22-20(25)23(13-8-14-24-4)17(3)18-11-5-6-12-21-18/h5-7,9-12,17H,8,13-14H2,1-4H3,(H,22,25). The van der Waals surface area contributed by atoms with Gasteiger partial charge in [0.25, 0.3) is 0 Å². The van der Waals surface area contributed by atoms with Crippen molar-refractivity contribution in [1.82, 2.24) is 9.88 Å². The third-order valence-corrected chi connectivity index (χ3v) is 4.64. The van der Waals surface area contributed by atoms with Crippen LogP contribution >= 0.6 is 12.2 Å². The van der Waals surface area contributed by atoms with Crippen LogP contribution in [0.25, 0.3) is 0 Å². The Bertz CT molecular complexity index is 670. The highest BCUT2D eigenvalue weighted by atomic mass is 32.1. The second-order valence-corrected chi connectivity index (χ2v) is 6.55. The van der Waals surface area contributed by atoms with Crippen LogP contribution in [-0.2, 0) is 4.74 Å². The van der Waals surface area contributed by atoms with Crippen LogP contribution in [0.15, 0.2) is 42.6 Å². The molecule has 134 valence electrons. The number of rotatable bonds is 7. The first kappa shape index (κ1) is 19.3. The molecule has 25 heavy (non-hydrogen) atoms. The number of thiocarbonyl (C=S) groups is 1. The number of aryl methyl sites for hydroxylation is 2. The van der Waals surface area contributed by atoms with Gasteiger partial charge in [0.2, 0.25) is 0 Å². The van der Waals surface area contributed by atoms with Crippen LogP contribution in [0.1, 0.15) is 36.2 Å². The number of para-hydroxylation sites is 1. The lowest BCUT2D eigenvalue weighted by Crippen LogP contribution is -2.38. The molecule has 0 amide bonds. The van der Waals surface area contributed by atoms with E-state index in [0.29, 0.717) is 11.7 Å². The van der Waals surface area contributed by atoms with Gasteiger partial charge in [-0.2, -0.15) is 0 Å². The fourth-order valence-corrected chi connectivity index (χ4v) is 3.17. The maximum absolute atomic E-state index is 5.75. The van der Waals surface area contributed by atoms with Gasteiger partial charge >= 0.3 is 0 Å². The number of hydrogen-bond donors (Lipinski definition) is 1. The van der Waals surface area contributed by atoms with Crippen LogP contribution in [0, 0.1) is 13.8 Å². The highest BCUT2D eigenvalue weighted by Crippen LogP contribution is 2.23. The van der Waals surface area contributed by atoms with Crippen molar-refractivity contribution in [3.63, 3.8) is 0 Å². The molecule has 1 atom stereocenters. The Balaban J connectivity index is 2.20. The molecule has 0 aliphatic carbocycles. The summed E-state index contributed by atoms with van der Waals surface area (Å²) in [5.74, 6) is 0. The molecule has 5 heteroatoms. The molecular formula is C20H27N3OS. The average molecular weight is 358 g/mol. The Hall–Kier alpha value is -1.98. The minimum absolute atomic E-state index is 0.0855. The molecule has 0 radical (unpaired) electrons. The van der Waals surface area contributed by atoms with Crippen molar-refractivity contribution in [2.24, 2.45) is 0 Å². The van der Waals surface area contributed by atoms with Gasteiger partial charge in [0.05, 0.1) is 11.7 Å². The van der Waals surface area contributed by atoms with Gasteiger partial charge in [-0.15, -0.1) is 0 Å². The molecule has 1 N–H and O–H groups in total. The summed E-state index contributed by atoms with van der Waals surface area (Å²) in [6.07, 6.45) is 2.73. The minimum atomic E-state index is 0.0855. The van der Waals surface area contributed by atoms with Crippen molar-refractivity contribution >= 4 is 23.0 Å². The normalized spacial score (nSPS) is 11.8. The molecule has 1 aromatic heterocycles. The lowest BCUT2D eigenvalue weighted by molar-refractivity contribution is 0.181. The fourth-order valence-electron chi connectivity index (χ4n) is 2.82. The Labute approximate surface area is 156 Å². The smallest absolute Gasteiger partial charge is 0.173 e. The molecule has 0 fully saturated rings. The van der Waals surface area contributed by atoms with E-state index in [-0.39, 0.29) is 6.04 Å². The van der Waals surface area contributed by atoms with Gasteiger partial charge in [0.15, 0.2) is 5.11 Å². The minimum Gasteiger partial charge on any atom is -0.385 e. The number of aromatic nitrogens is 1. The van der Waals surface area contributed by atoms with Gasteiger partial charge in [-0.05, 0) is 62.7 Å². The molecule has 1 heterocycles. The third kappa shape index (κ3) is 5.25. The van der Waals surface area contributed by atoms with Crippen molar-refractivity contribution in [2.75, 3.05) is 25.6 Å². The molecule has 1 aromatic carbocycles. The maximum Gasteiger partial charge on any atom is 0.173 e. The Kier molecular flexibility index (Phi) is 7.34. The van der Waals surface area contributed by atoms with E-state index in [4.69, 9.17) is 17.0 Å². The third-order valence-electron chi connectivity index (χ3n) is 4.30. The van der Waals surface area contributed by atoms with Crippen LogP contribution in [0.4, 0.5) is 5.69 Å². The van der Waals surface area contributed by atoms with E-state index in [1.165, 1.54) is 11.1 Å². The van der Waals surface area contributed by atoms with Gasteiger partial charge in [0.1, 0.15) is 0 Å². The highest BCUT2D eigenvalue weighted by Gasteiger charge is 2.20. The monoisotopic (exact) mass is 357 g/mol. The van der Waals surface area contributed by atoms with Crippen LogP contribution in [-0.4, -0.2) is 35.3 Å². The van der Waals surface area contributed by atoms with E-state index < -0.39 is 0 Å². The van der Waals surface area contributed by atoms with Crippen LogP contribution < -0.4 is 5.32 Å². The summed E-state index contributed by atoms with van der Waals surface area (Å²) >= 11 is 5.75. The van der Waals surface area contributed by atoms with Crippen LogP contribution in [0.3, 0.4) is 0 Å². The van der Waals surface area contributed by atoms with E-state index in [2.05, 4.69) is 54.2 Å². The molecule has 0 spiro atoms. The molecule has 0 bridgehead atoms. The van der Waals surface area contributed by atoms with Crippen LogP contribution in [0.5, 0.6) is 0 Å². The SMILES string of the molecule is COCCCN(C(=S)Nc1c(C)cccc1C)C(C)c1ccccn1. The van der Waals surface area contributed by atoms with Gasteiger partial charge < -0.3 is 15.0 Å².